The van der Waals surface area contributed by atoms with Crippen LogP contribution in [0.5, 0.6) is 0 Å². The van der Waals surface area contributed by atoms with E-state index in [4.69, 9.17) is 0 Å². The molecule has 0 unspecified atom stereocenters. The highest BCUT2D eigenvalue weighted by atomic mass is 15.3. The van der Waals surface area contributed by atoms with Crippen LogP contribution in [0.4, 0.5) is 0 Å². The minimum Gasteiger partial charge on any atom is -0.314 e. The summed E-state index contributed by atoms with van der Waals surface area (Å²) in [5.41, 5.74) is 2.02. The van der Waals surface area contributed by atoms with E-state index in [1.807, 2.05) is 47.4 Å². The van der Waals surface area contributed by atoms with Gasteiger partial charge in [0.2, 0.25) is 0 Å². The molecule has 1 aliphatic heterocycles. The Morgan fingerprint density at radius 2 is 1.95 bits per heavy atom. The van der Waals surface area contributed by atoms with Crippen LogP contribution in [0.3, 0.4) is 0 Å². The lowest BCUT2D eigenvalue weighted by Gasteiger charge is -2.24. The number of piperazine rings is 1. The van der Waals surface area contributed by atoms with Gasteiger partial charge in [0.05, 0.1) is 24.0 Å². The molecule has 1 fully saturated rings. The van der Waals surface area contributed by atoms with Gasteiger partial charge >= 0.3 is 0 Å². The van der Waals surface area contributed by atoms with Gasteiger partial charge in [0, 0.05) is 32.4 Å². The Labute approximate surface area is 119 Å². The third kappa shape index (κ3) is 3.27. The highest BCUT2D eigenvalue weighted by Gasteiger charge is 2.06. The second kappa shape index (κ2) is 6.38. The molecule has 4 heteroatoms. The molecule has 0 spiro atoms. The highest BCUT2D eigenvalue weighted by Crippen LogP contribution is 2.06. The van der Waals surface area contributed by atoms with Crippen molar-refractivity contribution in [1.82, 2.24) is 20.0 Å². The summed E-state index contributed by atoms with van der Waals surface area (Å²) in [7, 11) is 0. The molecule has 1 saturated heterocycles. The number of para-hydroxylation sites is 1. The summed E-state index contributed by atoms with van der Waals surface area (Å²) >= 11 is 0. The number of rotatable bonds is 2. The average Bonchev–Trinajstić information content (AvgIpc) is 2.98. The van der Waals surface area contributed by atoms with Gasteiger partial charge in [-0.25, -0.2) is 4.68 Å². The molecule has 3 rings (SSSR count). The Kier molecular flexibility index (Phi) is 4.12. The van der Waals surface area contributed by atoms with Crippen molar-refractivity contribution in [2.75, 3.05) is 32.7 Å². The van der Waals surface area contributed by atoms with Crippen molar-refractivity contribution < 1.29 is 0 Å². The van der Waals surface area contributed by atoms with Crippen LogP contribution in [0, 0.1) is 11.8 Å². The average molecular weight is 266 g/mol. The standard InChI is InChI=1S/C16H18N4/c1-2-6-16(7-3-1)20-14-15(13-18-20)5-4-10-19-11-8-17-9-12-19/h1-3,6-7,13-14,17H,8-12H2. The summed E-state index contributed by atoms with van der Waals surface area (Å²) in [6.45, 7) is 5.12. The maximum absolute atomic E-state index is 4.34. The van der Waals surface area contributed by atoms with E-state index in [2.05, 4.69) is 27.2 Å². The number of hydrogen-bond donors (Lipinski definition) is 1. The van der Waals surface area contributed by atoms with E-state index in [1.54, 1.807) is 0 Å². The Balaban J connectivity index is 1.63. The number of benzene rings is 1. The Morgan fingerprint density at radius 1 is 1.15 bits per heavy atom. The zero-order valence-electron chi connectivity index (χ0n) is 11.4. The zero-order valence-corrected chi connectivity index (χ0v) is 11.4. The van der Waals surface area contributed by atoms with E-state index in [9.17, 15) is 0 Å². The molecule has 0 radical (unpaired) electrons. The molecule has 102 valence electrons. The molecule has 1 aromatic carbocycles. The van der Waals surface area contributed by atoms with Crippen LogP contribution < -0.4 is 5.32 Å². The predicted octanol–water partition coefficient (Wildman–Crippen LogP) is 1.13. The minimum atomic E-state index is 0.832. The van der Waals surface area contributed by atoms with Crippen molar-refractivity contribution in [3.8, 4) is 17.5 Å². The molecule has 0 atom stereocenters. The summed E-state index contributed by atoms with van der Waals surface area (Å²) < 4.78 is 1.86. The summed E-state index contributed by atoms with van der Waals surface area (Å²) in [4.78, 5) is 2.37. The van der Waals surface area contributed by atoms with E-state index in [1.165, 1.54) is 0 Å². The van der Waals surface area contributed by atoms with Crippen molar-refractivity contribution >= 4 is 0 Å². The second-order valence-corrected chi connectivity index (χ2v) is 4.84. The largest absolute Gasteiger partial charge is 0.314 e. The number of nitrogens with zero attached hydrogens (tertiary/aromatic N) is 3. The quantitative estimate of drug-likeness (QED) is 0.827. The number of aromatic nitrogens is 2. The first-order chi connectivity index (χ1) is 9.92. The van der Waals surface area contributed by atoms with Crippen LogP contribution in [0.2, 0.25) is 0 Å². The van der Waals surface area contributed by atoms with Crippen LogP contribution in [0.25, 0.3) is 5.69 Å². The van der Waals surface area contributed by atoms with Crippen molar-refractivity contribution in [3.05, 3.63) is 48.3 Å². The highest BCUT2D eigenvalue weighted by molar-refractivity contribution is 5.36. The monoisotopic (exact) mass is 266 g/mol. The van der Waals surface area contributed by atoms with Gasteiger partial charge < -0.3 is 5.32 Å². The predicted molar refractivity (Wildman–Crippen MR) is 79.8 cm³/mol. The second-order valence-electron chi connectivity index (χ2n) is 4.84. The minimum absolute atomic E-state index is 0.832. The van der Waals surface area contributed by atoms with Crippen molar-refractivity contribution in [3.63, 3.8) is 0 Å². The third-order valence-corrected chi connectivity index (χ3v) is 3.35. The van der Waals surface area contributed by atoms with Gasteiger partial charge in [-0.2, -0.15) is 5.10 Å². The fourth-order valence-corrected chi connectivity index (χ4v) is 2.23. The lowest BCUT2D eigenvalue weighted by atomic mass is 10.3. The summed E-state index contributed by atoms with van der Waals surface area (Å²) in [5.74, 6) is 6.42. The Morgan fingerprint density at radius 3 is 2.75 bits per heavy atom. The van der Waals surface area contributed by atoms with E-state index in [-0.39, 0.29) is 0 Å². The van der Waals surface area contributed by atoms with Crippen LogP contribution in [-0.4, -0.2) is 47.4 Å². The van der Waals surface area contributed by atoms with Gasteiger partial charge in [0.1, 0.15) is 0 Å². The molecule has 4 nitrogen and oxygen atoms in total. The van der Waals surface area contributed by atoms with Crippen molar-refractivity contribution in [2.45, 2.75) is 0 Å². The van der Waals surface area contributed by atoms with Crippen LogP contribution in [0.15, 0.2) is 42.7 Å². The van der Waals surface area contributed by atoms with Crippen LogP contribution >= 0.6 is 0 Å². The first-order valence-electron chi connectivity index (χ1n) is 6.94. The van der Waals surface area contributed by atoms with E-state index >= 15 is 0 Å². The molecule has 1 N–H and O–H groups in total. The molecule has 2 heterocycles. The fraction of sp³-hybridized carbons (Fsp3) is 0.312. The van der Waals surface area contributed by atoms with E-state index in [0.29, 0.717) is 0 Å². The van der Waals surface area contributed by atoms with E-state index in [0.717, 1.165) is 44.0 Å². The van der Waals surface area contributed by atoms with Crippen molar-refractivity contribution in [1.29, 1.82) is 0 Å². The molecule has 0 amide bonds. The van der Waals surface area contributed by atoms with Crippen LogP contribution in [-0.2, 0) is 0 Å². The molecule has 1 aromatic heterocycles. The summed E-state index contributed by atoms with van der Waals surface area (Å²) in [5, 5.41) is 7.68. The lowest BCUT2D eigenvalue weighted by Crippen LogP contribution is -2.43. The van der Waals surface area contributed by atoms with Crippen molar-refractivity contribution in [2.24, 2.45) is 0 Å². The molecule has 2 aromatic rings. The van der Waals surface area contributed by atoms with Gasteiger partial charge in [-0.05, 0) is 12.1 Å². The zero-order chi connectivity index (χ0) is 13.6. The number of nitrogens with one attached hydrogen (secondary N) is 1. The smallest absolute Gasteiger partial charge is 0.0651 e. The molecule has 0 saturated carbocycles. The summed E-state index contributed by atoms with van der Waals surface area (Å²) in [6.07, 6.45) is 3.79. The molecule has 20 heavy (non-hydrogen) atoms. The van der Waals surface area contributed by atoms with Gasteiger partial charge in [-0.15, -0.1) is 0 Å². The topological polar surface area (TPSA) is 33.1 Å². The first kappa shape index (κ1) is 12.9. The third-order valence-electron chi connectivity index (χ3n) is 3.35. The maximum Gasteiger partial charge on any atom is 0.0651 e. The maximum atomic E-state index is 4.34. The van der Waals surface area contributed by atoms with Gasteiger partial charge in [0.25, 0.3) is 0 Å². The Hall–Kier alpha value is -2.09. The first-order valence-corrected chi connectivity index (χ1v) is 6.94. The summed E-state index contributed by atoms with van der Waals surface area (Å²) in [6, 6.07) is 10.1. The lowest BCUT2D eigenvalue weighted by molar-refractivity contribution is 0.268. The fourth-order valence-electron chi connectivity index (χ4n) is 2.23. The van der Waals surface area contributed by atoms with Gasteiger partial charge in [-0.1, -0.05) is 30.0 Å². The van der Waals surface area contributed by atoms with E-state index < -0.39 is 0 Å². The van der Waals surface area contributed by atoms with Gasteiger partial charge in [-0.3, -0.25) is 4.90 Å². The van der Waals surface area contributed by atoms with Crippen LogP contribution in [0.1, 0.15) is 5.56 Å². The molecule has 1 aliphatic rings. The molecule has 0 aliphatic carbocycles. The van der Waals surface area contributed by atoms with Gasteiger partial charge in [0.15, 0.2) is 0 Å². The Bertz CT molecular complexity index is 600. The SMILES string of the molecule is C(#Cc1cnn(-c2ccccc2)c1)CN1CCNCC1. The molecular weight excluding hydrogens is 248 g/mol. The molecule has 0 bridgehead atoms. The normalized spacial score (nSPS) is 15.6. The number of hydrogen-bond acceptors (Lipinski definition) is 3. The molecular formula is C16H18N4.